The predicted molar refractivity (Wildman–Crippen MR) is 77.7 cm³/mol. The van der Waals surface area contributed by atoms with Gasteiger partial charge in [0.1, 0.15) is 0 Å². The van der Waals surface area contributed by atoms with Gasteiger partial charge in [-0.05, 0) is 23.8 Å². The van der Waals surface area contributed by atoms with Crippen LogP contribution in [0, 0.1) is 0 Å². The van der Waals surface area contributed by atoms with Crippen molar-refractivity contribution in [2.45, 2.75) is 6.42 Å². The Hall–Kier alpha value is -2.68. The van der Waals surface area contributed by atoms with Gasteiger partial charge in [-0.1, -0.05) is 36.4 Å². The number of allylic oxidation sites excluding steroid dienone is 2. The summed E-state index contributed by atoms with van der Waals surface area (Å²) >= 11 is 0. The van der Waals surface area contributed by atoms with Gasteiger partial charge in [0.15, 0.2) is 11.6 Å². The van der Waals surface area contributed by atoms with Gasteiger partial charge in [0.05, 0.1) is 0 Å². The Morgan fingerprint density at radius 3 is 2.20 bits per heavy atom. The van der Waals surface area contributed by atoms with Gasteiger partial charge >= 0.3 is 0 Å². The number of nitrogens with two attached hydrogens (primary N) is 1. The summed E-state index contributed by atoms with van der Waals surface area (Å²) < 4.78 is 0. The van der Waals surface area contributed by atoms with Gasteiger partial charge in [0, 0.05) is 28.8 Å². The molecule has 0 amide bonds. The van der Waals surface area contributed by atoms with Crippen LogP contribution >= 0.6 is 0 Å². The van der Waals surface area contributed by atoms with Crippen LogP contribution in [-0.2, 0) is 6.42 Å². The van der Waals surface area contributed by atoms with Gasteiger partial charge in [0.25, 0.3) is 0 Å². The standard InChI is InChI=1S/C17H13NO2/c18-13-7-5-11(6-8-13)9-12-10-16(19)14-3-1-2-4-15(14)17(12)20/h1-8,10H,9,18H2. The van der Waals surface area contributed by atoms with Crippen LogP contribution in [0.3, 0.4) is 0 Å². The Morgan fingerprint density at radius 2 is 1.50 bits per heavy atom. The molecular formula is C17H13NO2. The van der Waals surface area contributed by atoms with Crippen molar-refractivity contribution in [1.82, 2.24) is 0 Å². The number of ketones is 2. The second-order valence-corrected chi connectivity index (χ2v) is 4.83. The first-order chi connectivity index (χ1) is 9.65. The lowest BCUT2D eigenvalue weighted by molar-refractivity contribution is 0.0982. The third kappa shape index (κ3) is 2.14. The van der Waals surface area contributed by atoms with Crippen LogP contribution in [0.25, 0.3) is 0 Å². The molecule has 0 heterocycles. The van der Waals surface area contributed by atoms with Gasteiger partial charge in [-0.2, -0.15) is 0 Å². The average Bonchev–Trinajstić information content (AvgIpc) is 2.47. The molecule has 3 rings (SSSR count). The number of nitrogen functional groups attached to an aromatic ring is 1. The maximum Gasteiger partial charge on any atom is 0.190 e. The van der Waals surface area contributed by atoms with Crippen molar-refractivity contribution in [3.05, 3.63) is 76.9 Å². The summed E-state index contributed by atoms with van der Waals surface area (Å²) in [6.07, 6.45) is 1.89. The molecule has 0 fully saturated rings. The fraction of sp³-hybridized carbons (Fsp3) is 0.0588. The molecule has 3 heteroatoms. The molecular weight excluding hydrogens is 250 g/mol. The zero-order chi connectivity index (χ0) is 14.1. The first kappa shape index (κ1) is 12.4. The van der Waals surface area contributed by atoms with E-state index in [0.29, 0.717) is 28.8 Å². The largest absolute Gasteiger partial charge is 0.399 e. The maximum absolute atomic E-state index is 12.4. The van der Waals surface area contributed by atoms with Gasteiger partial charge in [0.2, 0.25) is 0 Å². The number of rotatable bonds is 2. The maximum atomic E-state index is 12.4. The van der Waals surface area contributed by atoms with E-state index < -0.39 is 0 Å². The topological polar surface area (TPSA) is 60.2 Å². The van der Waals surface area contributed by atoms with Gasteiger partial charge in [-0.15, -0.1) is 0 Å². The Labute approximate surface area is 116 Å². The molecule has 0 saturated carbocycles. The molecule has 0 bridgehead atoms. The Balaban J connectivity index is 1.94. The number of benzene rings is 2. The fourth-order valence-electron chi connectivity index (χ4n) is 2.36. The third-order valence-electron chi connectivity index (χ3n) is 3.41. The number of hydrogen-bond donors (Lipinski definition) is 1. The van der Waals surface area contributed by atoms with E-state index in [9.17, 15) is 9.59 Å². The van der Waals surface area contributed by atoms with Gasteiger partial charge in [-0.25, -0.2) is 0 Å². The molecule has 0 saturated heterocycles. The number of Topliss-reactive ketones (excluding diaryl/α,β-unsaturated/α-hetero) is 1. The van der Waals surface area contributed by atoms with Crippen molar-refractivity contribution >= 4 is 17.3 Å². The summed E-state index contributed by atoms with van der Waals surface area (Å²) in [5.41, 5.74) is 8.78. The van der Waals surface area contributed by atoms with E-state index in [4.69, 9.17) is 5.73 Å². The molecule has 2 N–H and O–H groups in total. The molecule has 0 unspecified atom stereocenters. The first-order valence-corrected chi connectivity index (χ1v) is 6.38. The summed E-state index contributed by atoms with van der Waals surface area (Å²) in [6.45, 7) is 0. The first-order valence-electron chi connectivity index (χ1n) is 6.38. The Bertz CT molecular complexity index is 727. The van der Waals surface area contributed by atoms with Crippen LogP contribution in [0.4, 0.5) is 5.69 Å². The molecule has 0 aliphatic heterocycles. The fourth-order valence-corrected chi connectivity index (χ4v) is 2.36. The minimum atomic E-state index is -0.106. The quantitative estimate of drug-likeness (QED) is 0.847. The van der Waals surface area contributed by atoms with Crippen molar-refractivity contribution in [3.8, 4) is 0 Å². The van der Waals surface area contributed by atoms with E-state index in [-0.39, 0.29) is 11.6 Å². The number of carbonyl (C=O) groups excluding carboxylic acids is 2. The predicted octanol–water partition coefficient (Wildman–Crippen LogP) is 2.82. The molecule has 1 aliphatic rings. The Morgan fingerprint density at radius 1 is 0.850 bits per heavy atom. The third-order valence-corrected chi connectivity index (χ3v) is 3.41. The molecule has 0 aromatic heterocycles. The normalized spacial score (nSPS) is 13.9. The second-order valence-electron chi connectivity index (χ2n) is 4.83. The van der Waals surface area contributed by atoms with Crippen LogP contribution < -0.4 is 5.73 Å². The van der Waals surface area contributed by atoms with Crippen molar-refractivity contribution in [2.75, 3.05) is 5.73 Å². The SMILES string of the molecule is Nc1ccc(CC2=CC(=O)c3ccccc3C2=O)cc1. The smallest absolute Gasteiger partial charge is 0.190 e. The van der Waals surface area contributed by atoms with Gasteiger partial charge < -0.3 is 5.73 Å². The Kier molecular flexibility index (Phi) is 2.95. The highest BCUT2D eigenvalue weighted by molar-refractivity contribution is 6.24. The lowest BCUT2D eigenvalue weighted by Gasteiger charge is -2.14. The van der Waals surface area contributed by atoms with E-state index in [1.807, 2.05) is 12.1 Å². The van der Waals surface area contributed by atoms with Crippen LogP contribution in [0.1, 0.15) is 26.3 Å². The van der Waals surface area contributed by atoms with Gasteiger partial charge in [-0.3, -0.25) is 9.59 Å². The highest BCUT2D eigenvalue weighted by Crippen LogP contribution is 2.23. The lowest BCUT2D eigenvalue weighted by Crippen LogP contribution is -2.18. The monoisotopic (exact) mass is 263 g/mol. The molecule has 1 aliphatic carbocycles. The summed E-state index contributed by atoms with van der Waals surface area (Å²) in [7, 11) is 0. The van der Waals surface area contributed by atoms with E-state index in [1.54, 1.807) is 36.4 Å². The van der Waals surface area contributed by atoms with Crippen molar-refractivity contribution in [1.29, 1.82) is 0 Å². The van der Waals surface area contributed by atoms with Crippen molar-refractivity contribution in [3.63, 3.8) is 0 Å². The number of anilines is 1. The molecule has 0 radical (unpaired) electrons. The van der Waals surface area contributed by atoms with Crippen LogP contribution in [0.15, 0.2) is 60.2 Å². The molecule has 3 nitrogen and oxygen atoms in total. The molecule has 0 spiro atoms. The van der Waals surface area contributed by atoms with E-state index in [1.165, 1.54) is 6.08 Å². The van der Waals surface area contributed by atoms with E-state index >= 15 is 0 Å². The van der Waals surface area contributed by atoms with Crippen LogP contribution in [-0.4, -0.2) is 11.6 Å². The van der Waals surface area contributed by atoms with E-state index in [2.05, 4.69) is 0 Å². The second kappa shape index (κ2) is 4.78. The number of fused-ring (bicyclic) bond motifs is 1. The van der Waals surface area contributed by atoms with E-state index in [0.717, 1.165) is 5.56 Å². The number of hydrogen-bond acceptors (Lipinski definition) is 3. The summed E-state index contributed by atoms with van der Waals surface area (Å²) in [5, 5.41) is 0. The molecule has 2 aromatic rings. The highest BCUT2D eigenvalue weighted by Gasteiger charge is 2.24. The molecule has 98 valence electrons. The highest BCUT2D eigenvalue weighted by atomic mass is 16.1. The molecule has 0 atom stereocenters. The molecule has 2 aromatic carbocycles. The minimum Gasteiger partial charge on any atom is -0.399 e. The number of carbonyl (C=O) groups is 2. The molecule has 20 heavy (non-hydrogen) atoms. The van der Waals surface area contributed by atoms with Crippen molar-refractivity contribution in [2.24, 2.45) is 0 Å². The minimum absolute atomic E-state index is 0.0722. The zero-order valence-electron chi connectivity index (χ0n) is 10.8. The summed E-state index contributed by atoms with van der Waals surface area (Å²) in [6, 6.07) is 14.2. The summed E-state index contributed by atoms with van der Waals surface area (Å²) in [5.74, 6) is -0.178. The van der Waals surface area contributed by atoms with Crippen molar-refractivity contribution < 1.29 is 9.59 Å². The van der Waals surface area contributed by atoms with Crippen LogP contribution in [0.2, 0.25) is 0 Å². The lowest BCUT2D eigenvalue weighted by atomic mass is 9.87. The summed E-state index contributed by atoms with van der Waals surface area (Å²) in [4.78, 5) is 24.4. The zero-order valence-corrected chi connectivity index (χ0v) is 10.8. The average molecular weight is 263 g/mol. The van der Waals surface area contributed by atoms with Crippen LogP contribution in [0.5, 0.6) is 0 Å².